The van der Waals surface area contributed by atoms with Gasteiger partial charge < -0.3 is 99.0 Å². The summed E-state index contributed by atoms with van der Waals surface area (Å²) < 4.78 is 117. The number of rotatable bonds is 16. The molecule has 406 valence electrons. The Hall–Kier alpha value is 2.29. The fraction of sp³-hybridized carbons (Fsp3) is 0.880. The topological polar surface area (TPSA) is 511 Å². The minimum Gasteiger partial charge on any atom is -0.780 e. The quantitative estimate of drug-likeness (QED) is 0.0401. The maximum atomic E-state index is 11.3. The molecule has 32 nitrogen and oxygen atoms in total. The van der Waals surface area contributed by atoms with Crippen LogP contribution in [0.3, 0.4) is 0 Å². The first-order valence-corrected chi connectivity index (χ1v) is 30.0. The molecule has 3 fully saturated rings. The Morgan fingerprint density at radius 2 is 0.986 bits per heavy atom. The van der Waals surface area contributed by atoms with Crippen molar-refractivity contribution in [2.24, 2.45) is 5.50 Å². The van der Waals surface area contributed by atoms with Crippen LogP contribution in [-0.4, -0.2) is 197 Å². The van der Waals surface area contributed by atoms with Gasteiger partial charge in [0.15, 0.2) is 7.75 Å². The summed E-state index contributed by atoms with van der Waals surface area (Å²) in [6, 6.07) is -0.493. The van der Waals surface area contributed by atoms with Crippen LogP contribution >= 0.6 is 53.4 Å². The van der Waals surface area contributed by atoms with Crippen molar-refractivity contribution in [1.82, 2.24) is 0 Å². The molecule has 0 amide bonds. The molecule has 0 spiro atoms. The summed E-state index contributed by atoms with van der Waals surface area (Å²) in [6.45, 7) is 0.211. The Bertz CT molecular complexity index is 1470. The summed E-state index contributed by atoms with van der Waals surface area (Å²) in [5.41, 5.74) is 3.91. The molecular formula is C25H59B3NO31P7SY-3. The Labute approximate surface area is 434 Å². The zero-order valence-electron chi connectivity index (χ0n) is 37.9. The molecule has 0 aromatic rings. The molecule has 12 N–H and O–H groups in total. The van der Waals surface area contributed by atoms with Gasteiger partial charge in [0.05, 0.1) is 19.3 Å². The third kappa shape index (κ3) is 74.6. The van der Waals surface area contributed by atoms with Gasteiger partial charge in [0, 0.05) is 68.5 Å². The van der Waals surface area contributed by atoms with E-state index in [1.54, 1.807) is 21.3 Å². The number of phosphoric ester groups is 3. The van der Waals surface area contributed by atoms with Crippen LogP contribution in [0.4, 0.5) is 0 Å². The molecule has 3 saturated heterocycles. The van der Waals surface area contributed by atoms with Gasteiger partial charge in [-0.2, -0.15) is 12.8 Å². The molecule has 44 heteroatoms. The van der Waals surface area contributed by atoms with Gasteiger partial charge in [-0.1, -0.05) is 17.9 Å². The molecule has 3 rings (SSSR count). The normalized spacial score (nSPS) is 25.7. The van der Waals surface area contributed by atoms with Crippen molar-refractivity contribution in [3.63, 3.8) is 0 Å². The molecule has 11 atom stereocenters. The van der Waals surface area contributed by atoms with Gasteiger partial charge in [0.2, 0.25) is 0 Å². The Kier molecular flexibility index (Phi) is 50.7. The number of ether oxygens (including phenoxy) is 6. The fourth-order valence-electron chi connectivity index (χ4n) is 3.58. The van der Waals surface area contributed by atoms with Crippen molar-refractivity contribution in [2.45, 2.75) is 67.8 Å². The van der Waals surface area contributed by atoms with Crippen LogP contribution in [0.5, 0.6) is 0 Å². The number of hydrogen-bond acceptors (Lipinski definition) is 22. The second-order valence-corrected chi connectivity index (χ2v) is 23.0. The minimum atomic E-state index is -4.89. The van der Waals surface area contributed by atoms with Gasteiger partial charge in [0.25, 0.3) is 7.82 Å². The zero-order valence-corrected chi connectivity index (χ0v) is 47.8. The SMILES string of the molecule is COP(=O)(O)OCC(COP(=O)(O)OC)OP(=O)(O)OC.CP(=O)(O)O.NP(=O)([O-])O.O=P([O-])(O)O.[B]C1C[CH-]C(COC)O1.[B]C1C[CH-]C(COC)O1.[B]C1OC([CH2-])CC1OC.[O-]P(O)(O)=S.[Y+3]. The second-order valence-electron chi connectivity index (χ2n) is 12.2. The van der Waals surface area contributed by atoms with E-state index >= 15 is 0 Å². The number of methoxy groups -OCH3 is 3. The summed E-state index contributed by atoms with van der Waals surface area (Å²) in [7, 11) is -2.19. The Balaban J connectivity index is -0.000000176. The van der Waals surface area contributed by atoms with E-state index in [1.807, 2.05) is 12.8 Å². The van der Waals surface area contributed by atoms with Crippen molar-refractivity contribution in [3.05, 3.63) is 19.8 Å². The standard InChI is InChI=1S/3C6H10BO2.C6H17O12P3.CH5O3P.H4NO3P.H3O4P.H3O3PS.Y/c1-4-3-5(8-2)6(7)9-4;2*1-8-4-5-2-3-6(7)9-5;1-13-19(7,8)16-4-6(18-21(11,12)15-3)5-17-20(9,10)14-2;3*1-5(2,3)4;1-4(2,3)5;/h4-6H,1,3H2,2H3;2*2,5-6H,3-4H2,1H3;6H,4-5H2,1-3H3,(H,7,8)(H,9,10)(H,11,12);1H3,(H2,2,3,4);(H4,1,2,3,4);(H3,1,2,3,4);(H3,1,2,3,5);/q3*-1;;;;;;+3/p-3. The molecule has 0 aliphatic carbocycles. The molecule has 11 unspecified atom stereocenters. The van der Waals surface area contributed by atoms with Gasteiger partial charge >= 0.3 is 63.8 Å². The van der Waals surface area contributed by atoms with Crippen molar-refractivity contribution in [3.8, 4) is 0 Å². The summed E-state index contributed by atoms with van der Waals surface area (Å²) in [4.78, 5) is 106. The van der Waals surface area contributed by atoms with Crippen LogP contribution in [0.1, 0.15) is 19.3 Å². The predicted octanol–water partition coefficient (Wildman–Crippen LogP) is -3.80. The van der Waals surface area contributed by atoms with E-state index in [0.717, 1.165) is 47.3 Å². The zero-order chi connectivity index (χ0) is 55.0. The first kappa shape index (κ1) is 82.6. The molecule has 3 heterocycles. The van der Waals surface area contributed by atoms with Crippen LogP contribution < -0.4 is 20.2 Å². The van der Waals surface area contributed by atoms with Crippen molar-refractivity contribution >= 4 is 88.7 Å². The van der Waals surface area contributed by atoms with Crippen LogP contribution in [0, 0.1) is 19.8 Å². The van der Waals surface area contributed by atoms with E-state index in [-0.39, 0.29) is 75.1 Å². The molecule has 6 radical (unpaired) electrons. The summed E-state index contributed by atoms with van der Waals surface area (Å²) in [6.07, 6.45) is 5.33. The van der Waals surface area contributed by atoms with E-state index < -0.39 is 72.7 Å². The molecule has 3 aliphatic heterocycles. The fourth-order valence-corrected chi connectivity index (χ4v) is 5.08. The second kappa shape index (κ2) is 42.3. The minimum absolute atomic E-state index is 0. The van der Waals surface area contributed by atoms with Gasteiger partial charge in [-0.25, -0.2) is 13.7 Å². The predicted molar refractivity (Wildman–Crippen MR) is 236 cm³/mol. The van der Waals surface area contributed by atoms with E-state index in [9.17, 15) is 18.3 Å². The summed E-state index contributed by atoms with van der Waals surface area (Å²) in [5, 5.41) is 0. The van der Waals surface area contributed by atoms with Crippen LogP contribution in [0.2, 0.25) is 0 Å². The van der Waals surface area contributed by atoms with E-state index in [0.29, 0.717) is 13.2 Å². The first-order valence-electron chi connectivity index (χ1n) is 17.6. The average molecular weight is 1240 g/mol. The first-order chi connectivity index (χ1) is 30.4. The van der Waals surface area contributed by atoms with Crippen molar-refractivity contribution in [2.75, 3.05) is 75.8 Å². The number of hydrogen-bond donors (Lipinski definition) is 11. The largest absolute Gasteiger partial charge is 3.00 e. The number of nitrogens with two attached hydrogens (primary N) is 1. The summed E-state index contributed by atoms with van der Waals surface area (Å²) >= 11 is 3.49. The van der Waals surface area contributed by atoms with Gasteiger partial charge in [-0.15, -0.1) is 0 Å². The molecule has 0 saturated carbocycles. The number of phosphoric acid groups is 4. The monoisotopic (exact) mass is 1240 g/mol. The molecule has 0 bridgehead atoms. The van der Waals surface area contributed by atoms with Crippen LogP contribution in [0.15, 0.2) is 0 Å². The van der Waals surface area contributed by atoms with Gasteiger partial charge in [0.1, 0.15) is 36.4 Å². The average Bonchev–Trinajstić information content (AvgIpc) is 3.85. The molecule has 0 aromatic heterocycles. The van der Waals surface area contributed by atoms with Gasteiger partial charge in [-0.05, 0) is 30.6 Å². The molecular weight excluding hydrogens is 1180 g/mol. The molecule has 0 aromatic carbocycles. The summed E-state index contributed by atoms with van der Waals surface area (Å²) in [5.74, 6) is 0. The third-order valence-corrected chi connectivity index (χ3v) is 8.86. The van der Waals surface area contributed by atoms with Crippen molar-refractivity contribution in [1.29, 1.82) is 0 Å². The smallest absolute Gasteiger partial charge is 0.780 e. The van der Waals surface area contributed by atoms with Gasteiger partial charge in [-0.3, -0.25) is 59.2 Å². The van der Waals surface area contributed by atoms with E-state index in [2.05, 4.69) is 51.4 Å². The van der Waals surface area contributed by atoms with E-state index in [4.69, 9.17) is 125 Å². The Morgan fingerprint density at radius 3 is 1.16 bits per heavy atom. The molecule has 3 aliphatic rings. The third-order valence-electron chi connectivity index (χ3n) is 5.96. The molecule has 69 heavy (non-hydrogen) atoms. The van der Waals surface area contributed by atoms with E-state index in [1.165, 1.54) is 0 Å². The Morgan fingerprint density at radius 1 is 0.696 bits per heavy atom. The van der Waals surface area contributed by atoms with Crippen molar-refractivity contribution < 1.29 is 179 Å². The maximum Gasteiger partial charge on any atom is 3.00 e. The van der Waals surface area contributed by atoms with Crippen LogP contribution in [-0.2, 0) is 127 Å². The maximum absolute atomic E-state index is 11.3. The van der Waals surface area contributed by atoms with Crippen LogP contribution in [0.25, 0.3) is 0 Å².